The van der Waals surface area contributed by atoms with Gasteiger partial charge < -0.3 is 4.90 Å². The highest BCUT2D eigenvalue weighted by atomic mass is 32.1. The average molecular weight is 647 g/mol. The molecule has 1 aliphatic carbocycles. The number of benzene rings is 2. The van der Waals surface area contributed by atoms with Gasteiger partial charge in [0.2, 0.25) is 0 Å². The molecule has 0 N–H and O–H groups in total. The molecular weight excluding hydrogens is 609 g/mol. The van der Waals surface area contributed by atoms with Gasteiger partial charge in [0, 0.05) is 46.2 Å². The van der Waals surface area contributed by atoms with Crippen molar-refractivity contribution in [2.75, 3.05) is 4.90 Å². The van der Waals surface area contributed by atoms with Crippen molar-refractivity contribution < 1.29 is 0 Å². The van der Waals surface area contributed by atoms with Gasteiger partial charge in [0.1, 0.15) is 11.1 Å². The molecule has 45 heavy (non-hydrogen) atoms. The number of hydrogen-bond acceptors (Lipinski definition) is 7. The molecule has 0 atom stereocenters. The number of fused-ring (bicyclic) bond motifs is 4. The summed E-state index contributed by atoms with van der Waals surface area (Å²) in [5, 5.41) is 20.2. The highest BCUT2D eigenvalue weighted by Crippen LogP contribution is 2.53. The molecule has 7 rings (SSSR count). The Morgan fingerprint density at radius 3 is 2.22 bits per heavy atom. The molecule has 0 saturated carbocycles. The predicted molar refractivity (Wildman–Crippen MR) is 195 cm³/mol. The van der Waals surface area contributed by atoms with Crippen LogP contribution in [0.4, 0.5) is 16.4 Å². The van der Waals surface area contributed by atoms with Crippen LogP contribution in [0.3, 0.4) is 0 Å². The number of anilines is 1. The lowest BCUT2D eigenvalue weighted by Crippen LogP contribution is -2.58. The third-order valence-corrected chi connectivity index (χ3v) is 13.1. The summed E-state index contributed by atoms with van der Waals surface area (Å²) in [6.07, 6.45) is 5.70. The Balaban J connectivity index is 1.09. The minimum atomic E-state index is -0.0557. The first-order valence-electron chi connectivity index (χ1n) is 15.6. The van der Waals surface area contributed by atoms with Crippen molar-refractivity contribution in [3.63, 3.8) is 0 Å². The van der Waals surface area contributed by atoms with Gasteiger partial charge in [-0.25, -0.2) is 0 Å². The van der Waals surface area contributed by atoms with Crippen LogP contribution in [-0.2, 0) is 5.41 Å². The zero-order valence-corrected chi connectivity index (χ0v) is 29.4. The molecule has 4 nitrogen and oxygen atoms in total. The van der Waals surface area contributed by atoms with E-state index in [4.69, 9.17) is 0 Å². The second-order valence-electron chi connectivity index (χ2n) is 14.2. The Hall–Kier alpha value is -3.57. The summed E-state index contributed by atoms with van der Waals surface area (Å²) in [5.74, 6) is 0. The zero-order chi connectivity index (χ0) is 31.7. The molecule has 0 radical (unpaired) electrons. The van der Waals surface area contributed by atoms with Crippen LogP contribution in [0.1, 0.15) is 86.6 Å². The van der Waals surface area contributed by atoms with Crippen LogP contribution < -0.4 is 4.90 Å². The van der Waals surface area contributed by atoms with Gasteiger partial charge in [-0.1, -0.05) is 37.6 Å². The van der Waals surface area contributed by atoms with E-state index in [1.54, 1.807) is 34.0 Å². The summed E-state index contributed by atoms with van der Waals surface area (Å²) in [4.78, 5) is 6.04. The summed E-state index contributed by atoms with van der Waals surface area (Å²) < 4.78 is 2.34. The summed E-state index contributed by atoms with van der Waals surface area (Å²) in [6, 6.07) is 24.2. The molecule has 2 aliphatic rings. The average Bonchev–Trinajstić information content (AvgIpc) is 3.71. The van der Waals surface area contributed by atoms with Gasteiger partial charge in [-0.15, -0.1) is 44.2 Å². The van der Waals surface area contributed by atoms with Gasteiger partial charge in [0.15, 0.2) is 0 Å². The molecule has 1 fully saturated rings. The Morgan fingerprint density at radius 1 is 0.822 bits per heavy atom. The molecule has 0 unspecified atom stereocenters. The van der Waals surface area contributed by atoms with E-state index >= 15 is 0 Å². The Morgan fingerprint density at radius 2 is 1.53 bits per heavy atom. The number of aryl methyl sites for hydroxylation is 1. The van der Waals surface area contributed by atoms with Crippen molar-refractivity contribution in [2.24, 2.45) is 10.2 Å². The minimum Gasteiger partial charge on any atom is -0.361 e. The molecule has 0 spiro atoms. The molecule has 0 bridgehead atoms. The number of hydrogen-bond donors (Lipinski definition) is 0. The molecule has 1 saturated heterocycles. The Labute approximate surface area is 278 Å². The highest BCUT2D eigenvalue weighted by Gasteiger charge is 2.41. The third-order valence-electron chi connectivity index (χ3n) is 9.48. The number of nitrogens with zero attached hydrogens (tertiary/aromatic N) is 4. The lowest BCUT2D eigenvalue weighted by Gasteiger charge is -2.54. The maximum atomic E-state index is 10.1. The van der Waals surface area contributed by atoms with Crippen molar-refractivity contribution >= 4 is 71.4 Å². The van der Waals surface area contributed by atoms with Gasteiger partial charge in [-0.2, -0.15) is 5.26 Å². The number of thiophene rings is 3. The second kappa shape index (κ2) is 10.8. The van der Waals surface area contributed by atoms with E-state index in [9.17, 15) is 5.26 Å². The molecule has 1 aliphatic heterocycles. The van der Waals surface area contributed by atoms with Crippen molar-refractivity contribution in [3.05, 3.63) is 86.4 Å². The van der Waals surface area contributed by atoms with Gasteiger partial charge in [0.25, 0.3) is 0 Å². The number of rotatable bonds is 5. The lowest BCUT2D eigenvalue weighted by atomic mass is 9.79. The first-order valence-corrected chi connectivity index (χ1v) is 18.0. The molecule has 228 valence electrons. The molecule has 0 amide bonds. The van der Waals surface area contributed by atoms with Crippen molar-refractivity contribution in [3.8, 4) is 17.2 Å². The van der Waals surface area contributed by atoms with Crippen molar-refractivity contribution in [1.29, 1.82) is 5.26 Å². The number of allylic oxidation sites excluding steroid dienone is 1. The van der Waals surface area contributed by atoms with Gasteiger partial charge >= 0.3 is 0 Å². The number of piperidine rings is 1. The van der Waals surface area contributed by atoms with Gasteiger partial charge in [-0.3, -0.25) is 0 Å². The van der Waals surface area contributed by atoms with Crippen LogP contribution in [0.2, 0.25) is 0 Å². The fourth-order valence-corrected chi connectivity index (χ4v) is 10.9. The topological polar surface area (TPSA) is 51.8 Å². The molecule has 2 aromatic carbocycles. The smallest absolute Gasteiger partial charge is 0.140 e. The van der Waals surface area contributed by atoms with Crippen LogP contribution >= 0.6 is 34.0 Å². The van der Waals surface area contributed by atoms with Crippen LogP contribution in [0.15, 0.2) is 70.9 Å². The lowest BCUT2D eigenvalue weighted by molar-refractivity contribution is 0.244. The molecule has 5 aromatic rings. The van der Waals surface area contributed by atoms with Crippen molar-refractivity contribution in [1.82, 2.24) is 0 Å². The van der Waals surface area contributed by atoms with E-state index in [-0.39, 0.29) is 16.5 Å². The first kappa shape index (κ1) is 30.1. The van der Waals surface area contributed by atoms with Crippen LogP contribution in [0.5, 0.6) is 0 Å². The standard InChI is InChI=1S/C38H38N4S3/c1-23-9-14-28-29-20-31(45-35(29)38(6,7)30(28)17-23)24(22-39)18-27-19-32-33(43-27)21-34(44-32)41-40-25-10-12-26(13-11-25)42-36(2,3)15-8-16-37(42,4)5/h9-14,17-21H,8,15-16H2,1-7H3/b24-18+,41-40+. The number of nitriles is 1. The number of azo groups is 1. The van der Waals surface area contributed by atoms with Gasteiger partial charge in [-0.05, 0) is 119 Å². The monoisotopic (exact) mass is 646 g/mol. The summed E-state index contributed by atoms with van der Waals surface area (Å²) >= 11 is 5.09. The predicted octanol–water partition coefficient (Wildman–Crippen LogP) is 12.7. The summed E-state index contributed by atoms with van der Waals surface area (Å²) in [5.41, 5.74) is 8.24. The zero-order valence-electron chi connectivity index (χ0n) is 27.0. The maximum Gasteiger partial charge on any atom is 0.140 e. The Bertz CT molecular complexity index is 1990. The van der Waals surface area contributed by atoms with E-state index in [0.717, 1.165) is 20.4 Å². The van der Waals surface area contributed by atoms with E-state index in [1.807, 2.05) is 6.08 Å². The Kier molecular flexibility index (Phi) is 7.20. The van der Waals surface area contributed by atoms with E-state index in [2.05, 4.69) is 130 Å². The normalized spacial score (nSPS) is 18.4. The molecule has 3 aromatic heterocycles. The van der Waals surface area contributed by atoms with E-state index in [1.165, 1.54) is 61.5 Å². The molecular formula is C38H38N4S3. The molecule has 4 heterocycles. The van der Waals surface area contributed by atoms with E-state index < -0.39 is 0 Å². The minimum absolute atomic E-state index is 0.0557. The maximum absolute atomic E-state index is 10.1. The second-order valence-corrected chi connectivity index (χ2v) is 17.4. The first-order chi connectivity index (χ1) is 21.4. The molecule has 7 heteroatoms. The fourth-order valence-electron chi connectivity index (χ4n) is 7.45. The van der Waals surface area contributed by atoms with Gasteiger partial charge in [0.05, 0.1) is 11.3 Å². The highest BCUT2D eigenvalue weighted by molar-refractivity contribution is 7.30. The van der Waals surface area contributed by atoms with Crippen molar-refractivity contribution in [2.45, 2.75) is 84.2 Å². The van der Waals surface area contributed by atoms with E-state index in [0.29, 0.717) is 5.57 Å². The summed E-state index contributed by atoms with van der Waals surface area (Å²) in [6.45, 7) is 16.1. The fraction of sp³-hybridized carbons (Fsp3) is 0.342. The van der Waals surface area contributed by atoms with Crippen LogP contribution in [-0.4, -0.2) is 11.1 Å². The summed E-state index contributed by atoms with van der Waals surface area (Å²) in [7, 11) is 0. The quantitative estimate of drug-likeness (QED) is 0.141. The largest absolute Gasteiger partial charge is 0.361 e. The third kappa shape index (κ3) is 5.27. The van der Waals surface area contributed by atoms with Crippen LogP contribution in [0.25, 0.3) is 32.2 Å². The SMILES string of the molecule is Cc1ccc2c(c1)C(C)(C)c1sc(/C(C#N)=C/c3cc4sc(/N=N/c5ccc(N6C(C)(C)CCCC6(C)C)cc5)cc4s3)cc1-2. The van der Waals surface area contributed by atoms with Crippen LogP contribution in [0, 0.1) is 18.3 Å².